The number of carbonyl (C=O) groups is 3. The highest BCUT2D eigenvalue weighted by atomic mass is 16.4. The molecule has 0 saturated carbocycles. The molecule has 1 atom stereocenters. The van der Waals surface area contributed by atoms with Gasteiger partial charge in [-0.05, 0) is 30.7 Å². The van der Waals surface area contributed by atoms with Crippen LogP contribution in [0.25, 0.3) is 11.1 Å². The van der Waals surface area contributed by atoms with Crippen LogP contribution in [0.2, 0.25) is 0 Å². The predicted molar refractivity (Wildman–Crippen MR) is 104 cm³/mol. The summed E-state index contributed by atoms with van der Waals surface area (Å²) in [6, 6.07) is 12.5. The standard InChI is InChI=1S/C20H17N5O4/c1-2-14(25-17(27)11-7-3-4-8-12(11)18(25)28)16(26)23-19(21)24-20-22-13-9-5-6-10-15(13)29-20/h3-10,14H,2H2,1H3,(H3,21,22,23,24,26)/t14-/m0/s1. The van der Waals surface area contributed by atoms with Gasteiger partial charge in [0.25, 0.3) is 11.8 Å². The van der Waals surface area contributed by atoms with Gasteiger partial charge in [0.2, 0.25) is 11.9 Å². The van der Waals surface area contributed by atoms with E-state index in [9.17, 15) is 14.4 Å². The summed E-state index contributed by atoms with van der Waals surface area (Å²) in [7, 11) is 0. The van der Waals surface area contributed by atoms with Gasteiger partial charge in [-0.15, -0.1) is 0 Å². The molecule has 146 valence electrons. The zero-order valence-corrected chi connectivity index (χ0v) is 15.5. The van der Waals surface area contributed by atoms with Crippen LogP contribution in [0, 0.1) is 0 Å². The molecule has 3 N–H and O–H groups in total. The zero-order chi connectivity index (χ0) is 20.5. The normalized spacial score (nSPS) is 14.9. The highest BCUT2D eigenvalue weighted by Crippen LogP contribution is 2.25. The maximum atomic E-state index is 12.7. The van der Waals surface area contributed by atoms with Crippen LogP contribution < -0.4 is 11.1 Å². The van der Waals surface area contributed by atoms with E-state index in [2.05, 4.69) is 15.3 Å². The van der Waals surface area contributed by atoms with Crippen LogP contribution >= 0.6 is 0 Å². The average Bonchev–Trinajstić information content (AvgIpc) is 3.22. The number of oxazole rings is 1. The van der Waals surface area contributed by atoms with Crippen molar-refractivity contribution in [3.05, 3.63) is 59.7 Å². The van der Waals surface area contributed by atoms with Gasteiger partial charge in [0.1, 0.15) is 11.6 Å². The average molecular weight is 391 g/mol. The van der Waals surface area contributed by atoms with Crippen LogP contribution in [0.3, 0.4) is 0 Å². The summed E-state index contributed by atoms with van der Waals surface area (Å²) in [5.74, 6) is -1.90. The number of nitrogens with zero attached hydrogens (tertiary/aromatic N) is 3. The van der Waals surface area contributed by atoms with Crippen LogP contribution in [0.15, 0.2) is 57.9 Å². The van der Waals surface area contributed by atoms with Gasteiger partial charge in [-0.25, -0.2) is 0 Å². The molecule has 3 aromatic rings. The molecule has 0 radical (unpaired) electrons. The van der Waals surface area contributed by atoms with Crippen molar-refractivity contribution >= 4 is 40.8 Å². The molecule has 0 saturated heterocycles. The van der Waals surface area contributed by atoms with E-state index in [-0.39, 0.29) is 29.5 Å². The summed E-state index contributed by atoms with van der Waals surface area (Å²) in [6.07, 6.45) is 0.216. The van der Waals surface area contributed by atoms with Crippen molar-refractivity contribution in [3.8, 4) is 0 Å². The van der Waals surface area contributed by atoms with Gasteiger partial charge < -0.3 is 10.2 Å². The molecule has 0 fully saturated rings. The van der Waals surface area contributed by atoms with E-state index in [0.29, 0.717) is 11.1 Å². The summed E-state index contributed by atoms with van der Waals surface area (Å²) in [5.41, 5.74) is 7.48. The number of aliphatic imine (C=N–C) groups is 1. The van der Waals surface area contributed by atoms with Crippen LogP contribution in [-0.4, -0.2) is 39.6 Å². The Hall–Kier alpha value is -4.01. The maximum absolute atomic E-state index is 12.7. The van der Waals surface area contributed by atoms with Crippen molar-refractivity contribution in [1.82, 2.24) is 15.2 Å². The molecule has 0 spiro atoms. The second-order valence-corrected chi connectivity index (χ2v) is 6.40. The third-order valence-electron chi connectivity index (χ3n) is 4.58. The Balaban J connectivity index is 1.53. The minimum absolute atomic E-state index is 0.0159. The number of hydrogen-bond acceptors (Lipinski definition) is 6. The Morgan fingerprint density at radius 1 is 1.14 bits per heavy atom. The van der Waals surface area contributed by atoms with E-state index in [1.165, 1.54) is 0 Å². The smallest absolute Gasteiger partial charge is 0.325 e. The number of nitrogens with one attached hydrogen (secondary N) is 1. The van der Waals surface area contributed by atoms with Gasteiger partial charge in [0.15, 0.2) is 5.58 Å². The van der Waals surface area contributed by atoms with Crippen molar-refractivity contribution in [1.29, 1.82) is 0 Å². The third-order valence-corrected chi connectivity index (χ3v) is 4.58. The van der Waals surface area contributed by atoms with Gasteiger partial charge in [0.05, 0.1) is 11.1 Å². The number of rotatable bonds is 4. The van der Waals surface area contributed by atoms with E-state index >= 15 is 0 Å². The first-order valence-corrected chi connectivity index (χ1v) is 8.97. The number of para-hydroxylation sites is 2. The van der Waals surface area contributed by atoms with Crippen molar-refractivity contribution < 1.29 is 18.8 Å². The van der Waals surface area contributed by atoms with E-state index < -0.39 is 23.8 Å². The minimum Gasteiger partial charge on any atom is -0.422 e. The fourth-order valence-electron chi connectivity index (χ4n) is 3.22. The second kappa shape index (κ2) is 7.19. The molecular weight excluding hydrogens is 374 g/mol. The van der Waals surface area contributed by atoms with Gasteiger partial charge in [-0.1, -0.05) is 31.2 Å². The van der Waals surface area contributed by atoms with Gasteiger partial charge in [-0.2, -0.15) is 9.98 Å². The van der Waals surface area contributed by atoms with Gasteiger partial charge in [0, 0.05) is 0 Å². The highest BCUT2D eigenvalue weighted by molar-refractivity contribution is 6.23. The molecule has 0 bridgehead atoms. The highest BCUT2D eigenvalue weighted by Gasteiger charge is 2.41. The SMILES string of the molecule is CC[C@@H](C(=O)NC(N)=Nc1nc2ccccc2o1)N1C(=O)c2ccccc2C1=O. The lowest BCUT2D eigenvalue weighted by atomic mass is 10.1. The first-order valence-electron chi connectivity index (χ1n) is 8.97. The number of benzene rings is 2. The molecule has 29 heavy (non-hydrogen) atoms. The summed E-state index contributed by atoms with van der Waals surface area (Å²) >= 11 is 0. The quantitative estimate of drug-likeness (QED) is 0.397. The number of guanidine groups is 1. The molecule has 2 heterocycles. The first kappa shape index (κ1) is 18.4. The lowest BCUT2D eigenvalue weighted by Crippen LogP contribution is -2.52. The van der Waals surface area contributed by atoms with Gasteiger partial charge in [-0.3, -0.25) is 24.6 Å². The third kappa shape index (κ3) is 3.22. The Bertz CT molecular complexity index is 1100. The van der Waals surface area contributed by atoms with E-state index in [4.69, 9.17) is 10.2 Å². The maximum Gasteiger partial charge on any atom is 0.325 e. The molecule has 2 aromatic carbocycles. The van der Waals surface area contributed by atoms with Crippen molar-refractivity contribution in [2.45, 2.75) is 19.4 Å². The van der Waals surface area contributed by atoms with Crippen LogP contribution in [-0.2, 0) is 4.79 Å². The van der Waals surface area contributed by atoms with E-state index in [0.717, 1.165) is 4.90 Å². The Morgan fingerprint density at radius 2 is 1.76 bits per heavy atom. The van der Waals surface area contributed by atoms with Crippen LogP contribution in [0.1, 0.15) is 34.1 Å². The molecule has 4 rings (SSSR count). The first-order chi connectivity index (χ1) is 14.0. The number of hydrogen-bond donors (Lipinski definition) is 2. The number of aromatic nitrogens is 1. The number of carbonyl (C=O) groups excluding carboxylic acids is 3. The summed E-state index contributed by atoms with van der Waals surface area (Å²) in [4.78, 5) is 47.0. The van der Waals surface area contributed by atoms with Crippen LogP contribution in [0.5, 0.6) is 0 Å². The topological polar surface area (TPSA) is 131 Å². The molecule has 1 aliphatic heterocycles. The van der Waals surface area contributed by atoms with Gasteiger partial charge >= 0.3 is 6.01 Å². The lowest BCUT2D eigenvalue weighted by Gasteiger charge is -2.23. The summed E-state index contributed by atoms with van der Waals surface area (Å²) in [6.45, 7) is 1.70. The molecule has 1 aromatic heterocycles. The predicted octanol–water partition coefficient (Wildman–Crippen LogP) is 1.96. The number of imide groups is 1. The van der Waals surface area contributed by atoms with Crippen molar-refractivity contribution in [2.24, 2.45) is 10.7 Å². The number of amides is 3. The second-order valence-electron chi connectivity index (χ2n) is 6.40. The number of fused-ring (bicyclic) bond motifs is 2. The van der Waals surface area contributed by atoms with E-state index in [1.807, 2.05) is 0 Å². The lowest BCUT2D eigenvalue weighted by molar-refractivity contribution is -0.123. The minimum atomic E-state index is -1.03. The number of nitrogens with two attached hydrogens (primary N) is 1. The Kier molecular flexibility index (Phi) is 4.55. The fourth-order valence-corrected chi connectivity index (χ4v) is 3.22. The van der Waals surface area contributed by atoms with Crippen molar-refractivity contribution in [2.75, 3.05) is 0 Å². The fraction of sp³-hybridized carbons (Fsp3) is 0.150. The molecule has 0 aliphatic carbocycles. The largest absolute Gasteiger partial charge is 0.422 e. The Morgan fingerprint density at radius 3 is 2.38 bits per heavy atom. The zero-order valence-electron chi connectivity index (χ0n) is 15.5. The molecular formula is C20H17N5O4. The van der Waals surface area contributed by atoms with Crippen LogP contribution in [0.4, 0.5) is 6.01 Å². The summed E-state index contributed by atoms with van der Waals surface area (Å²) in [5, 5.41) is 2.41. The van der Waals surface area contributed by atoms with Crippen molar-refractivity contribution in [3.63, 3.8) is 0 Å². The van der Waals surface area contributed by atoms with E-state index in [1.54, 1.807) is 55.5 Å². The molecule has 1 aliphatic rings. The molecule has 9 nitrogen and oxygen atoms in total. The monoisotopic (exact) mass is 391 g/mol. The molecule has 3 amide bonds. The summed E-state index contributed by atoms with van der Waals surface area (Å²) < 4.78 is 5.43. The Labute approximate surface area is 165 Å². The molecule has 0 unspecified atom stereocenters. The molecule has 9 heteroatoms.